The van der Waals surface area contributed by atoms with Crippen molar-refractivity contribution < 1.29 is 18.7 Å². The van der Waals surface area contributed by atoms with Crippen molar-refractivity contribution in [3.8, 4) is 5.75 Å². The summed E-state index contributed by atoms with van der Waals surface area (Å²) >= 11 is 0.678. The van der Waals surface area contributed by atoms with Crippen LogP contribution < -0.4 is 11.1 Å². The van der Waals surface area contributed by atoms with E-state index in [0.717, 1.165) is 6.20 Å². The minimum absolute atomic E-state index is 0.0445. The first kappa shape index (κ1) is 13.2. The molecule has 1 aromatic carbocycles. The number of rotatable bonds is 3. The molecule has 19 heavy (non-hydrogen) atoms. The molecule has 0 atom stereocenters. The van der Waals surface area contributed by atoms with Gasteiger partial charge in [-0.05, 0) is 18.2 Å². The maximum absolute atomic E-state index is 12.4. The molecule has 0 saturated heterocycles. The fourth-order valence-electron chi connectivity index (χ4n) is 1.35. The van der Waals surface area contributed by atoms with Crippen LogP contribution in [0.4, 0.5) is 19.6 Å². The number of nitrogens with zero attached hydrogens (tertiary/aromatic N) is 1. The second-order valence-corrected chi connectivity index (χ2v) is 4.66. The van der Waals surface area contributed by atoms with E-state index in [1.807, 2.05) is 0 Å². The van der Waals surface area contributed by atoms with Gasteiger partial charge in [0.15, 0.2) is 5.13 Å². The number of aromatic nitrogens is 1. The predicted molar refractivity (Wildman–Crippen MR) is 67.5 cm³/mol. The number of alkyl halides is 2. The summed E-state index contributed by atoms with van der Waals surface area (Å²) in [5.41, 5.74) is 5.81. The lowest BCUT2D eigenvalue weighted by Gasteiger charge is -2.05. The number of hydrogen-bond acceptors (Lipinski definition) is 5. The van der Waals surface area contributed by atoms with E-state index >= 15 is 0 Å². The lowest BCUT2D eigenvalue weighted by Crippen LogP contribution is -2.13. The van der Waals surface area contributed by atoms with Gasteiger partial charge >= 0.3 is 0 Å². The van der Waals surface area contributed by atoms with Gasteiger partial charge in [0.25, 0.3) is 12.3 Å². The molecule has 1 aromatic heterocycles. The summed E-state index contributed by atoms with van der Waals surface area (Å²) in [4.78, 5) is 15.3. The Balaban J connectivity index is 2.18. The molecule has 0 saturated carbocycles. The summed E-state index contributed by atoms with van der Waals surface area (Å²) in [6.45, 7) is 0. The van der Waals surface area contributed by atoms with E-state index < -0.39 is 12.3 Å². The number of anilines is 2. The van der Waals surface area contributed by atoms with Gasteiger partial charge in [-0.25, -0.2) is 13.8 Å². The van der Waals surface area contributed by atoms with E-state index in [9.17, 15) is 18.7 Å². The van der Waals surface area contributed by atoms with Crippen molar-refractivity contribution in [2.24, 2.45) is 0 Å². The van der Waals surface area contributed by atoms with Gasteiger partial charge in [0.2, 0.25) is 0 Å². The Morgan fingerprint density at radius 2 is 2.21 bits per heavy atom. The highest BCUT2D eigenvalue weighted by atomic mass is 32.1. The maximum Gasteiger partial charge on any atom is 0.274 e. The number of carbonyl (C=O) groups is 1. The molecular formula is C11H9F2N3O2S. The second-order valence-electron chi connectivity index (χ2n) is 3.59. The lowest BCUT2D eigenvalue weighted by atomic mass is 10.1. The van der Waals surface area contributed by atoms with Crippen molar-refractivity contribution in [1.29, 1.82) is 0 Å². The SMILES string of the molecule is Nc1ccc(O)cc1C(=O)Nc1ncc(C(F)F)s1. The summed E-state index contributed by atoms with van der Waals surface area (Å²) in [7, 11) is 0. The van der Waals surface area contributed by atoms with Crippen molar-refractivity contribution in [2.45, 2.75) is 6.43 Å². The monoisotopic (exact) mass is 285 g/mol. The molecule has 2 rings (SSSR count). The highest BCUT2D eigenvalue weighted by molar-refractivity contribution is 7.15. The quantitative estimate of drug-likeness (QED) is 0.597. The van der Waals surface area contributed by atoms with Crippen LogP contribution in [0.3, 0.4) is 0 Å². The normalized spacial score (nSPS) is 10.7. The molecule has 1 amide bonds. The number of phenolic OH excluding ortho intramolecular Hbond substituents is 1. The molecule has 0 aliphatic rings. The molecule has 2 aromatic rings. The van der Waals surface area contributed by atoms with Crippen LogP contribution in [0.15, 0.2) is 24.4 Å². The molecular weight excluding hydrogens is 276 g/mol. The van der Waals surface area contributed by atoms with E-state index in [4.69, 9.17) is 5.73 Å². The number of thiazole rings is 1. The predicted octanol–water partition coefficient (Wildman–Crippen LogP) is 2.62. The first-order chi connectivity index (χ1) is 8.97. The smallest absolute Gasteiger partial charge is 0.274 e. The Kier molecular flexibility index (Phi) is 3.61. The van der Waals surface area contributed by atoms with Crippen LogP contribution in [0.2, 0.25) is 0 Å². The fourth-order valence-corrected chi connectivity index (χ4v) is 2.02. The molecule has 5 nitrogen and oxygen atoms in total. The Morgan fingerprint density at radius 3 is 2.84 bits per heavy atom. The lowest BCUT2D eigenvalue weighted by molar-refractivity contribution is 0.102. The number of hydrogen-bond donors (Lipinski definition) is 3. The third kappa shape index (κ3) is 2.97. The number of nitrogens with one attached hydrogen (secondary N) is 1. The van der Waals surface area contributed by atoms with Crippen molar-refractivity contribution in [3.05, 3.63) is 34.8 Å². The van der Waals surface area contributed by atoms with Crippen molar-refractivity contribution >= 4 is 28.1 Å². The Morgan fingerprint density at radius 1 is 1.47 bits per heavy atom. The average Bonchev–Trinajstić information content (AvgIpc) is 2.80. The summed E-state index contributed by atoms with van der Waals surface area (Å²) < 4.78 is 24.7. The Labute approximate surface area is 110 Å². The van der Waals surface area contributed by atoms with E-state index in [0.29, 0.717) is 11.3 Å². The number of halogens is 2. The van der Waals surface area contributed by atoms with Gasteiger partial charge in [-0.3, -0.25) is 10.1 Å². The molecule has 1 heterocycles. The van der Waals surface area contributed by atoms with Crippen molar-refractivity contribution in [1.82, 2.24) is 4.98 Å². The van der Waals surface area contributed by atoms with Crippen LogP contribution in [0.25, 0.3) is 0 Å². The van der Waals surface area contributed by atoms with E-state index in [1.54, 1.807) is 0 Å². The van der Waals surface area contributed by atoms with E-state index in [-0.39, 0.29) is 27.0 Å². The van der Waals surface area contributed by atoms with E-state index in [1.165, 1.54) is 18.2 Å². The van der Waals surface area contributed by atoms with Crippen LogP contribution in [0.1, 0.15) is 21.7 Å². The van der Waals surface area contributed by atoms with Gasteiger partial charge in [0.05, 0.1) is 10.4 Å². The standard InChI is InChI=1S/C11H9F2N3O2S/c12-9(13)8-4-15-11(19-8)16-10(18)6-3-5(17)1-2-7(6)14/h1-4,9,17H,14H2,(H,15,16,18). The average molecular weight is 285 g/mol. The Hall–Kier alpha value is -2.22. The zero-order valence-electron chi connectivity index (χ0n) is 9.43. The number of carbonyl (C=O) groups excluding carboxylic acids is 1. The minimum Gasteiger partial charge on any atom is -0.508 e. The van der Waals surface area contributed by atoms with Gasteiger partial charge in [0.1, 0.15) is 5.75 Å². The summed E-state index contributed by atoms with van der Waals surface area (Å²) in [5.74, 6) is -0.740. The topological polar surface area (TPSA) is 88.2 Å². The summed E-state index contributed by atoms with van der Waals surface area (Å²) in [6.07, 6.45) is -1.63. The van der Waals surface area contributed by atoms with Crippen LogP contribution in [-0.4, -0.2) is 16.0 Å². The fraction of sp³-hybridized carbons (Fsp3) is 0.0909. The number of amides is 1. The molecule has 0 unspecified atom stereocenters. The molecule has 4 N–H and O–H groups in total. The highest BCUT2D eigenvalue weighted by Gasteiger charge is 2.15. The third-order valence-corrected chi connectivity index (χ3v) is 3.16. The van der Waals surface area contributed by atoms with Gasteiger partial charge in [-0.15, -0.1) is 0 Å². The van der Waals surface area contributed by atoms with Crippen LogP contribution in [0, 0.1) is 0 Å². The minimum atomic E-state index is -2.63. The first-order valence-electron chi connectivity index (χ1n) is 5.11. The molecule has 0 aliphatic heterocycles. The van der Waals surface area contributed by atoms with Gasteiger partial charge in [-0.2, -0.15) is 0 Å². The summed E-state index contributed by atoms with van der Waals surface area (Å²) in [5, 5.41) is 11.7. The van der Waals surface area contributed by atoms with Crippen molar-refractivity contribution in [3.63, 3.8) is 0 Å². The maximum atomic E-state index is 12.4. The second kappa shape index (κ2) is 5.19. The number of benzene rings is 1. The van der Waals surface area contributed by atoms with Gasteiger partial charge < -0.3 is 10.8 Å². The van der Waals surface area contributed by atoms with Gasteiger partial charge in [-0.1, -0.05) is 11.3 Å². The number of phenols is 1. The third-order valence-electron chi connectivity index (χ3n) is 2.24. The largest absolute Gasteiger partial charge is 0.508 e. The molecule has 8 heteroatoms. The molecule has 0 bridgehead atoms. The van der Waals surface area contributed by atoms with Crippen LogP contribution >= 0.6 is 11.3 Å². The zero-order valence-corrected chi connectivity index (χ0v) is 10.2. The molecule has 0 fully saturated rings. The van der Waals surface area contributed by atoms with Crippen molar-refractivity contribution in [2.75, 3.05) is 11.1 Å². The molecule has 0 radical (unpaired) electrons. The van der Waals surface area contributed by atoms with Crippen LogP contribution in [0.5, 0.6) is 5.75 Å². The molecule has 0 spiro atoms. The first-order valence-corrected chi connectivity index (χ1v) is 5.92. The van der Waals surface area contributed by atoms with Crippen LogP contribution in [-0.2, 0) is 0 Å². The highest BCUT2D eigenvalue weighted by Crippen LogP contribution is 2.28. The number of aromatic hydroxyl groups is 1. The van der Waals surface area contributed by atoms with Gasteiger partial charge in [0, 0.05) is 11.9 Å². The van der Waals surface area contributed by atoms with E-state index in [2.05, 4.69) is 10.3 Å². The molecule has 0 aliphatic carbocycles. The Bertz CT molecular complexity index is 616. The number of nitrogens with two attached hydrogens (primary N) is 1. The zero-order chi connectivity index (χ0) is 14.0. The number of nitrogen functional groups attached to an aromatic ring is 1. The summed E-state index contributed by atoms with van der Waals surface area (Å²) in [6, 6.07) is 3.90. The molecule has 100 valence electrons.